The molecule has 2 saturated carbocycles. The van der Waals surface area contributed by atoms with Crippen molar-refractivity contribution < 1.29 is 0 Å². The summed E-state index contributed by atoms with van der Waals surface area (Å²) in [5, 5.41) is 13.6. The van der Waals surface area contributed by atoms with Crippen molar-refractivity contribution in [1.82, 2.24) is 9.13 Å². The van der Waals surface area contributed by atoms with Crippen LogP contribution >= 0.6 is 15.9 Å². The Labute approximate surface area is 577 Å². The number of fused-ring (bicyclic) bond motifs is 8. The number of hydrogen-bond acceptors (Lipinski definition) is 2. The third-order valence-electron chi connectivity index (χ3n) is 20.8. The average Bonchev–Trinajstić information content (AvgIpc) is 1.60. The fourth-order valence-electron chi connectivity index (χ4n) is 16.2. The minimum absolute atomic E-state index is 0.0699. The Morgan fingerprint density at radius 3 is 1.23 bits per heavy atom. The van der Waals surface area contributed by atoms with Crippen LogP contribution in [0.1, 0.15) is 86.5 Å². The van der Waals surface area contributed by atoms with Crippen LogP contribution in [-0.4, -0.2) is 9.13 Å². The number of halogens is 1. The van der Waals surface area contributed by atoms with Crippen LogP contribution in [-0.2, 0) is 10.8 Å². The highest BCUT2D eigenvalue weighted by Gasteiger charge is 2.37. The summed E-state index contributed by atoms with van der Waals surface area (Å²) in [5.74, 6) is 0. The molecule has 97 heavy (non-hydrogen) atoms. The number of aromatic nitrogens is 2. The molecule has 2 aliphatic rings. The largest absolute Gasteiger partial charge is 0.355 e. The van der Waals surface area contributed by atoms with Crippen LogP contribution in [0, 0.1) is 0 Å². The van der Waals surface area contributed by atoms with Gasteiger partial charge in [0.15, 0.2) is 0 Å². The van der Waals surface area contributed by atoms with E-state index in [1.165, 1.54) is 174 Å². The second-order valence-electron chi connectivity index (χ2n) is 26.4. The summed E-state index contributed by atoms with van der Waals surface area (Å²) in [4.78, 5) is 2.45. The third-order valence-corrected chi connectivity index (χ3v) is 21.4. The zero-order valence-corrected chi connectivity index (χ0v) is 56.2. The molecule has 472 valence electrons. The van der Waals surface area contributed by atoms with E-state index < -0.39 is 0 Å². The van der Waals surface area contributed by atoms with E-state index >= 15 is 0 Å². The highest BCUT2D eigenvalue weighted by Crippen LogP contribution is 2.49. The van der Waals surface area contributed by atoms with Crippen LogP contribution < -0.4 is 10.2 Å². The maximum Gasteiger partial charge on any atom is 0.0542 e. The monoisotopic (exact) mass is 1320 g/mol. The summed E-state index contributed by atoms with van der Waals surface area (Å²) in [7, 11) is 0. The Kier molecular flexibility index (Phi) is 17.1. The topological polar surface area (TPSA) is 25.1 Å². The molecule has 2 aliphatic carbocycles. The lowest BCUT2D eigenvalue weighted by Crippen LogP contribution is -2.30. The summed E-state index contributed by atoms with van der Waals surface area (Å²) in [5.41, 5.74) is 19.1. The van der Waals surface area contributed by atoms with Gasteiger partial charge in [0.2, 0.25) is 0 Å². The van der Waals surface area contributed by atoms with E-state index in [9.17, 15) is 0 Å². The molecular formula is C92H77BrN4. The summed E-state index contributed by atoms with van der Waals surface area (Å²) < 4.78 is 5.89. The van der Waals surface area contributed by atoms with Crippen LogP contribution in [0.25, 0.3) is 76.5 Å². The molecule has 0 aliphatic heterocycles. The Morgan fingerprint density at radius 1 is 0.289 bits per heavy atom. The molecule has 18 rings (SSSR count). The maximum absolute atomic E-state index is 3.64. The van der Waals surface area contributed by atoms with Gasteiger partial charge in [-0.15, -0.1) is 0 Å². The molecule has 5 heteroatoms. The summed E-state index contributed by atoms with van der Waals surface area (Å²) in [6.07, 6.45) is 12.9. The van der Waals surface area contributed by atoms with Crippen molar-refractivity contribution in [2.75, 3.05) is 10.2 Å². The van der Waals surface area contributed by atoms with Crippen molar-refractivity contribution in [3.05, 3.63) is 366 Å². The van der Waals surface area contributed by atoms with E-state index in [2.05, 4.69) is 375 Å². The molecular weight excluding hydrogens is 1240 g/mol. The highest BCUT2D eigenvalue weighted by atomic mass is 79.9. The van der Waals surface area contributed by atoms with Crippen LogP contribution in [0.15, 0.2) is 344 Å². The van der Waals surface area contributed by atoms with Gasteiger partial charge in [-0.3, -0.25) is 0 Å². The lowest BCUT2D eigenvalue weighted by atomic mass is 9.65. The summed E-state index contributed by atoms with van der Waals surface area (Å²) >= 11 is 3.54. The molecule has 0 atom stereocenters. The first kappa shape index (κ1) is 61.2. The molecule has 0 amide bonds. The minimum Gasteiger partial charge on any atom is -0.355 e. The molecule has 14 aromatic carbocycles. The smallest absolute Gasteiger partial charge is 0.0542 e. The standard InChI is InChI=1S/C46H38N2.C28H20N2.C18H19Br/c1-4-17-35(18-5-1)46(31-12-3-13-32-46)36-25-27-38(28-26-36)47(43-24-14-16-34-15-8-9-21-40(34)43)39-29-30-45-42(33-39)41-22-10-11-23-44(41)48(45)37-19-6-2-7-20-37;1-2-11-22(12-3-1)30-27-16-7-6-14-24(27)25-19-21(17-18-28(25)30)29-26-15-8-10-20-9-4-5-13-23(20)26;19-17-11-9-16(10-12-17)18(13-5-2-6-14-18)15-7-3-1-4-8-15/h1-2,4-11,14-30,33H,3,12-13,31-32H2;1-19,29H;1,3-4,7-12H,2,5-6,13-14H2. The van der Waals surface area contributed by atoms with E-state index in [4.69, 9.17) is 0 Å². The molecule has 0 bridgehead atoms. The number of anilines is 5. The molecule has 2 heterocycles. The van der Waals surface area contributed by atoms with Gasteiger partial charge in [-0.05, 0) is 168 Å². The first-order valence-electron chi connectivity index (χ1n) is 34.7. The van der Waals surface area contributed by atoms with Crippen LogP contribution in [0.2, 0.25) is 0 Å². The number of benzene rings is 14. The number of hydrogen-bond donors (Lipinski definition) is 1. The lowest BCUT2D eigenvalue weighted by Gasteiger charge is -2.39. The van der Waals surface area contributed by atoms with E-state index in [1.54, 1.807) is 0 Å². The van der Waals surface area contributed by atoms with Crippen molar-refractivity contribution in [3.63, 3.8) is 0 Å². The predicted molar refractivity (Wildman–Crippen MR) is 416 cm³/mol. The van der Waals surface area contributed by atoms with Gasteiger partial charge in [-0.2, -0.15) is 0 Å². The van der Waals surface area contributed by atoms with Gasteiger partial charge in [-0.25, -0.2) is 0 Å². The normalized spacial score (nSPS) is 14.2. The SMILES string of the molecule is Brc1ccc(C2(c3ccccc3)CCCCC2)cc1.c1ccc(-n2c3ccccc3c3cc(N(c4ccc(C5(c6ccccc6)CCCCC5)cc4)c4cccc5ccccc45)ccc32)cc1.c1ccc(-n2c3ccccc3c3cc(Nc4cccc5ccccc45)ccc32)cc1. The zero-order valence-electron chi connectivity index (χ0n) is 54.6. The molecule has 16 aromatic rings. The Bertz CT molecular complexity index is 5370. The van der Waals surface area contributed by atoms with Crippen molar-refractivity contribution >= 4 is 110 Å². The van der Waals surface area contributed by atoms with Crippen molar-refractivity contribution in [2.45, 2.75) is 75.0 Å². The lowest BCUT2D eigenvalue weighted by molar-refractivity contribution is 0.346. The van der Waals surface area contributed by atoms with Gasteiger partial charge in [0.05, 0.1) is 27.8 Å². The first-order chi connectivity index (χ1) is 48.0. The summed E-state index contributed by atoms with van der Waals surface area (Å²) in [6.45, 7) is 0. The number of para-hydroxylation sites is 4. The molecule has 2 fully saturated rings. The van der Waals surface area contributed by atoms with Gasteiger partial charge in [0, 0.05) is 81.7 Å². The van der Waals surface area contributed by atoms with E-state index in [-0.39, 0.29) is 10.8 Å². The van der Waals surface area contributed by atoms with Crippen molar-refractivity contribution in [1.29, 1.82) is 0 Å². The van der Waals surface area contributed by atoms with Crippen molar-refractivity contribution in [3.8, 4) is 11.4 Å². The Balaban J connectivity index is 0.000000127. The molecule has 0 saturated heterocycles. The molecule has 4 nitrogen and oxygen atoms in total. The Morgan fingerprint density at radius 2 is 0.680 bits per heavy atom. The summed E-state index contributed by atoms with van der Waals surface area (Å²) in [6, 6.07) is 123. The quantitative estimate of drug-likeness (QED) is 0.140. The minimum atomic E-state index is 0.0699. The fourth-order valence-corrected chi connectivity index (χ4v) is 16.5. The van der Waals surface area contributed by atoms with Crippen molar-refractivity contribution in [2.24, 2.45) is 0 Å². The van der Waals surface area contributed by atoms with E-state index in [0.717, 1.165) is 21.5 Å². The molecule has 0 spiro atoms. The first-order valence-corrected chi connectivity index (χ1v) is 35.5. The van der Waals surface area contributed by atoms with Gasteiger partial charge in [-0.1, -0.05) is 285 Å². The van der Waals surface area contributed by atoms with Crippen LogP contribution in [0.4, 0.5) is 28.4 Å². The van der Waals surface area contributed by atoms with E-state index in [1.807, 2.05) is 0 Å². The third kappa shape index (κ3) is 11.9. The average molecular weight is 1320 g/mol. The second-order valence-corrected chi connectivity index (χ2v) is 27.3. The maximum atomic E-state index is 3.64. The number of nitrogens with zero attached hydrogens (tertiary/aromatic N) is 3. The number of nitrogens with one attached hydrogen (secondary N) is 1. The Hall–Kier alpha value is -10.7. The van der Waals surface area contributed by atoms with Crippen LogP contribution in [0.5, 0.6) is 0 Å². The highest BCUT2D eigenvalue weighted by molar-refractivity contribution is 9.10. The molecule has 1 N–H and O–H groups in total. The zero-order chi connectivity index (χ0) is 65.0. The predicted octanol–water partition coefficient (Wildman–Crippen LogP) is 26.0. The fraction of sp³-hybridized carbons (Fsp3) is 0.130. The molecule has 0 unspecified atom stereocenters. The second kappa shape index (κ2) is 27.2. The van der Waals surface area contributed by atoms with Gasteiger partial charge in [0.1, 0.15) is 0 Å². The van der Waals surface area contributed by atoms with Gasteiger partial charge in [0.25, 0.3) is 0 Å². The van der Waals surface area contributed by atoms with Gasteiger partial charge < -0.3 is 19.4 Å². The van der Waals surface area contributed by atoms with Crippen LogP contribution in [0.3, 0.4) is 0 Å². The van der Waals surface area contributed by atoms with E-state index in [0.29, 0.717) is 0 Å². The molecule has 0 radical (unpaired) electrons. The molecule has 2 aromatic heterocycles. The number of rotatable bonds is 11. The van der Waals surface area contributed by atoms with Gasteiger partial charge >= 0.3 is 0 Å².